The molecule has 0 atom stereocenters. The Morgan fingerprint density at radius 2 is 1.50 bits per heavy atom. The van der Waals surface area contributed by atoms with Crippen molar-refractivity contribution in [1.29, 1.82) is 0 Å². The molecular formula is C9H17N. The Labute approximate surface area is 63.8 Å². The van der Waals surface area contributed by atoms with Crippen molar-refractivity contribution in [3.8, 4) is 0 Å². The van der Waals surface area contributed by atoms with Gasteiger partial charge in [-0.25, -0.2) is 0 Å². The van der Waals surface area contributed by atoms with Crippen LogP contribution in [-0.2, 0) is 0 Å². The van der Waals surface area contributed by atoms with Gasteiger partial charge in [-0.15, -0.1) is 0 Å². The molecule has 0 saturated heterocycles. The standard InChI is InChI=1S/C9H17N/c1-5-7-9(3,10-4)8-6-2/h5-8,10H,1-4H3/b7-5-,8-6-. The van der Waals surface area contributed by atoms with Crippen LogP contribution in [0.2, 0.25) is 0 Å². The third-order valence-corrected chi connectivity index (χ3v) is 1.56. The minimum Gasteiger partial charge on any atom is -0.308 e. The van der Waals surface area contributed by atoms with Gasteiger partial charge in [0, 0.05) is 0 Å². The van der Waals surface area contributed by atoms with Crippen molar-refractivity contribution in [2.45, 2.75) is 26.3 Å². The van der Waals surface area contributed by atoms with Crippen LogP contribution in [0.25, 0.3) is 0 Å². The lowest BCUT2D eigenvalue weighted by Gasteiger charge is -2.20. The summed E-state index contributed by atoms with van der Waals surface area (Å²) >= 11 is 0. The lowest BCUT2D eigenvalue weighted by molar-refractivity contribution is 0.587. The molecule has 0 aliphatic rings. The fourth-order valence-corrected chi connectivity index (χ4v) is 0.915. The number of nitrogens with one attached hydrogen (secondary N) is 1. The summed E-state index contributed by atoms with van der Waals surface area (Å²) in [4.78, 5) is 0. The number of rotatable bonds is 3. The normalized spacial score (nSPS) is 13.6. The second-order valence-corrected chi connectivity index (χ2v) is 2.53. The van der Waals surface area contributed by atoms with E-state index < -0.39 is 0 Å². The van der Waals surface area contributed by atoms with Gasteiger partial charge in [0.1, 0.15) is 0 Å². The highest BCUT2D eigenvalue weighted by atomic mass is 14.9. The first-order valence-electron chi connectivity index (χ1n) is 3.65. The molecule has 0 rings (SSSR count). The zero-order chi connectivity index (χ0) is 8.04. The van der Waals surface area contributed by atoms with Crippen molar-refractivity contribution in [2.75, 3.05) is 7.05 Å². The van der Waals surface area contributed by atoms with E-state index in [9.17, 15) is 0 Å². The molecule has 0 aromatic carbocycles. The van der Waals surface area contributed by atoms with Gasteiger partial charge in [-0.3, -0.25) is 0 Å². The Kier molecular flexibility index (Phi) is 4.05. The van der Waals surface area contributed by atoms with Crippen molar-refractivity contribution < 1.29 is 0 Å². The van der Waals surface area contributed by atoms with E-state index in [-0.39, 0.29) is 5.54 Å². The van der Waals surface area contributed by atoms with Crippen molar-refractivity contribution in [1.82, 2.24) is 5.32 Å². The van der Waals surface area contributed by atoms with Crippen LogP contribution < -0.4 is 5.32 Å². The molecule has 0 fully saturated rings. The molecule has 1 nitrogen and oxygen atoms in total. The molecule has 0 radical (unpaired) electrons. The fraction of sp³-hybridized carbons (Fsp3) is 0.556. The van der Waals surface area contributed by atoms with E-state index >= 15 is 0 Å². The molecule has 0 amide bonds. The lowest BCUT2D eigenvalue weighted by Crippen LogP contribution is -2.34. The fourth-order valence-electron chi connectivity index (χ4n) is 0.915. The van der Waals surface area contributed by atoms with Gasteiger partial charge in [-0.2, -0.15) is 0 Å². The van der Waals surface area contributed by atoms with Crippen LogP contribution >= 0.6 is 0 Å². The summed E-state index contributed by atoms with van der Waals surface area (Å²) < 4.78 is 0. The number of hydrogen-bond acceptors (Lipinski definition) is 1. The number of likely N-dealkylation sites (N-methyl/N-ethyl adjacent to an activating group) is 1. The monoisotopic (exact) mass is 139 g/mol. The topological polar surface area (TPSA) is 12.0 Å². The second kappa shape index (κ2) is 4.29. The molecule has 1 heteroatoms. The Balaban J connectivity index is 4.22. The van der Waals surface area contributed by atoms with E-state index in [2.05, 4.69) is 36.5 Å². The molecule has 10 heavy (non-hydrogen) atoms. The average Bonchev–Trinajstić information content (AvgIpc) is 1.89. The van der Waals surface area contributed by atoms with Crippen molar-refractivity contribution in [3.63, 3.8) is 0 Å². The van der Waals surface area contributed by atoms with Crippen molar-refractivity contribution in [3.05, 3.63) is 24.3 Å². The largest absolute Gasteiger partial charge is 0.308 e. The summed E-state index contributed by atoms with van der Waals surface area (Å²) in [6.07, 6.45) is 8.37. The summed E-state index contributed by atoms with van der Waals surface area (Å²) in [6, 6.07) is 0. The van der Waals surface area contributed by atoms with Gasteiger partial charge in [-0.05, 0) is 27.8 Å². The maximum Gasteiger partial charge on any atom is 0.0518 e. The summed E-state index contributed by atoms with van der Waals surface area (Å²) in [5, 5.41) is 3.21. The molecule has 0 heterocycles. The molecule has 1 N–H and O–H groups in total. The van der Waals surface area contributed by atoms with E-state index in [1.165, 1.54) is 0 Å². The Hall–Kier alpha value is -0.560. The van der Waals surface area contributed by atoms with Crippen LogP contribution in [0, 0.1) is 0 Å². The summed E-state index contributed by atoms with van der Waals surface area (Å²) in [6.45, 7) is 6.19. The predicted octanol–water partition coefficient (Wildman–Crippen LogP) is 2.12. The van der Waals surface area contributed by atoms with Gasteiger partial charge in [0.05, 0.1) is 5.54 Å². The summed E-state index contributed by atoms with van der Waals surface area (Å²) in [5.74, 6) is 0. The second-order valence-electron chi connectivity index (χ2n) is 2.53. The third-order valence-electron chi connectivity index (χ3n) is 1.56. The molecule has 58 valence electrons. The Bertz CT molecular complexity index is 122. The van der Waals surface area contributed by atoms with Crippen LogP contribution in [0.4, 0.5) is 0 Å². The smallest absolute Gasteiger partial charge is 0.0518 e. The van der Waals surface area contributed by atoms with Gasteiger partial charge in [0.15, 0.2) is 0 Å². The SMILES string of the molecule is C/C=C\C(C)(/C=C\C)NC. The summed E-state index contributed by atoms with van der Waals surface area (Å²) in [7, 11) is 1.96. The molecule has 0 spiro atoms. The van der Waals surface area contributed by atoms with Crippen LogP contribution in [0.5, 0.6) is 0 Å². The minimum atomic E-state index is 0.0313. The van der Waals surface area contributed by atoms with Crippen LogP contribution in [0.1, 0.15) is 20.8 Å². The summed E-state index contributed by atoms with van der Waals surface area (Å²) in [5.41, 5.74) is 0.0313. The van der Waals surface area contributed by atoms with Crippen molar-refractivity contribution >= 4 is 0 Å². The maximum atomic E-state index is 3.21. The highest BCUT2D eigenvalue weighted by Crippen LogP contribution is 2.06. The van der Waals surface area contributed by atoms with Gasteiger partial charge >= 0.3 is 0 Å². The first-order valence-corrected chi connectivity index (χ1v) is 3.65. The highest BCUT2D eigenvalue weighted by Gasteiger charge is 2.10. The quantitative estimate of drug-likeness (QED) is 0.590. The predicted molar refractivity (Wildman–Crippen MR) is 47.1 cm³/mol. The van der Waals surface area contributed by atoms with E-state index in [1.54, 1.807) is 0 Å². The first kappa shape index (κ1) is 9.44. The molecule has 0 aromatic rings. The van der Waals surface area contributed by atoms with Gasteiger partial charge in [0.2, 0.25) is 0 Å². The first-order chi connectivity index (χ1) is 4.68. The number of hydrogen-bond donors (Lipinski definition) is 1. The molecule has 0 aromatic heterocycles. The molecule has 0 aliphatic carbocycles. The zero-order valence-corrected chi connectivity index (χ0v) is 7.31. The van der Waals surface area contributed by atoms with Gasteiger partial charge in [-0.1, -0.05) is 24.3 Å². The van der Waals surface area contributed by atoms with Gasteiger partial charge in [0.25, 0.3) is 0 Å². The maximum absolute atomic E-state index is 3.21. The number of allylic oxidation sites excluding steroid dienone is 2. The molecule has 0 unspecified atom stereocenters. The Morgan fingerprint density at radius 1 is 1.10 bits per heavy atom. The third kappa shape index (κ3) is 2.83. The molecule has 0 saturated carbocycles. The lowest BCUT2D eigenvalue weighted by atomic mass is 10.0. The average molecular weight is 139 g/mol. The molecular weight excluding hydrogens is 122 g/mol. The highest BCUT2D eigenvalue weighted by molar-refractivity contribution is 5.14. The van der Waals surface area contributed by atoms with Crippen LogP contribution in [0.3, 0.4) is 0 Å². The molecule has 0 bridgehead atoms. The molecule has 0 aliphatic heterocycles. The van der Waals surface area contributed by atoms with Gasteiger partial charge < -0.3 is 5.32 Å². The van der Waals surface area contributed by atoms with E-state index in [4.69, 9.17) is 0 Å². The van der Waals surface area contributed by atoms with E-state index in [0.29, 0.717) is 0 Å². The van der Waals surface area contributed by atoms with E-state index in [0.717, 1.165) is 0 Å². The van der Waals surface area contributed by atoms with Crippen molar-refractivity contribution in [2.24, 2.45) is 0 Å². The minimum absolute atomic E-state index is 0.0313. The van der Waals surface area contributed by atoms with E-state index in [1.807, 2.05) is 20.9 Å². The zero-order valence-electron chi connectivity index (χ0n) is 7.31. The van der Waals surface area contributed by atoms with Crippen LogP contribution in [-0.4, -0.2) is 12.6 Å². The Morgan fingerprint density at radius 3 is 1.70 bits per heavy atom. The van der Waals surface area contributed by atoms with Crippen LogP contribution in [0.15, 0.2) is 24.3 Å².